The molecule has 0 saturated carbocycles. The molecule has 1 unspecified atom stereocenters. The zero-order valence-electron chi connectivity index (χ0n) is 11.6. The molecule has 0 amide bonds. The number of halogens is 3. The molecule has 7 heteroatoms. The van der Waals surface area contributed by atoms with Gasteiger partial charge in [0.2, 0.25) is 0 Å². The third-order valence-electron chi connectivity index (χ3n) is 3.70. The molecule has 21 heavy (non-hydrogen) atoms. The minimum Gasteiger partial charge on any atom is -0.497 e. The van der Waals surface area contributed by atoms with E-state index in [0.29, 0.717) is 30.0 Å². The van der Waals surface area contributed by atoms with Gasteiger partial charge in [-0.05, 0) is 25.0 Å². The van der Waals surface area contributed by atoms with Gasteiger partial charge in [0.1, 0.15) is 10.7 Å². The second-order valence-electron chi connectivity index (χ2n) is 5.07. The number of alkyl halides is 3. The summed E-state index contributed by atoms with van der Waals surface area (Å²) >= 11 is 4.99. The van der Waals surface area contributed by atoms with Crippen molar-refractivity contribution in [3.63, 3.8) is 0 Å². The van der Waals surface area contributed by atoms with Gasteiger partial charge in [0.15, 0.2) is 0 Å². The molecule has 2 N–H and O–H groups in total. The van der Waals surface area contributed by atoms with Crippen molar-refractivity contribution in [2.75, 3.05) is 25.1 Å². The average Bonchev–Trinajstić information content (AvgIpc) is 2.45. The van der Waals surface area contributed by atoms with Gasteiger partial charge in [-0.15, -0.1) is 0 Å². The van der Waals surface area contributed by atoms with E-state index in [1.54, 1.807) is 23.1 Å². The van der Waals surface area contributed by atoms with E-state index in [2.05, 4.69) is 0 Å². The van der Waals surface area contributed by atoms with Crippen LogP contribution in [-0.4, -0.2) is 31.4 Å². The number of piperidine rings is 1. The van der Waals surface area contributed by atoms with Crippen LogP contribution in [0.3, 0.4) is 0 Å². The number of hydrogen-bond donors (Lipinski definition) is 1. The molecule has 0 radical (unpaired) electrons. The molecule has 1 aliphatic rings. The minimum atomic E-state index is -4.18. The molecule has 0 aliphatic carbocycles. The average molecular weight is 318 g/mol. The maximum atomic E-state index is 12.9. The predicted molar refractivity (Wildman–Crippen MR) is 79.9 cm³/mol. The smallest absolute Gasteiger partial charge is 0.393 e. The molecule has 0 bridgehead atoms. The Bertz CT molecular complexity index is 533. The fraction of sp³-hybridized carbons (Fsp3) is 0.500. The summed E-state index contributed by atoms with van der Waals surface area (Å²) in [5.41, 5.74) is 6.86. The van der Waals surface area contributed by atoms with Crippen LogP contribution in [0.15, 0.2) is 18.2 Å². The van der Waals surface area contributed by atoms with Crippen molar-refractivity contribution < 1.29 is 17.9 Å². The van der Waals surface area contributed by atoms with Crippen molar-refractivity contribution in [3.8, 4) is 5.75 Å². The Morgan fingerprint density at radius 3 is 2.71 bits per heavy atom. The first-order chi connectivity index (χ1) is 9.82. The summed E-state index contributed by atoms with van der Waals surface area (Å²) < 4.78 is 43.9. The number of benzene rings is 1. The molecule has 116 valence electrons. The van der Waals surface area contributed by atoms with Crippen LogP contribution in [0, 0.1) is 5.92 Å². The molecule has 1 aliphatic heterocycles. The van der Waals surface area contributed by atoms with Crippen molar-refractivity contribution in [2.24, 2.45) is 11.7 Å². The van der Waals surface area contributed by atoms with Crippen molar-refractivity contribution in [1.82, 2.24) is 0 Å². The highest BCUT2D eigenvalue weighted by Crippen LogP contribution is 2.36. The van der Waals surface area contributed by atoms with Crippen molar-refractivity contribution in [1.29, 1.82) is 0 Å². The molecule has 0 aromatic heterocycles. The molecular formula is C14H17F3N2OS. The highest BCUT2D eigenvalue weighted by molar-refractivity contribution is 7.80. The van der Waals surface area contributed by atoms with E-state index in [9.17, 15) is 13.2 Å². The first-order valence-electron chi connectivity index (χ1n) is 6.62. The maximum absolute atomic E-state index is 12.9. The van der Waals surface area contributed by atoms with Gasteiger partial charge in [0, 0.05) is 24.7 Å². The highest BCUT2D eigenvalue weighted by Gasteiger charge is 2.42. The Morgan fingerprint density at radius 2 is 2.14 bits per heavy atom. The third kappa shape index (κ3) is 3.58. The van der Waals surface area contributed by atoms with Crippen molar-refractivity contribution >= 4 is 22.9 Å². The highest BCUT2D eigenvalue weighted by atomic mass is 32.1. The monoisotopic (exact) mass is 318 g/mol. The first-order valence-corrected chi connectivity index (χ1v) is 7.03. The van der Waals surface area contributed by atoms with Crippen LogP contribution in [0.4, 0.5) is 18.9 Å². The summed E-state index contributed by atoms with van der Waals surface area (Å²) in [5, 5.41) is 0. The quantitative estimate of drug-likeness (QED) is 0.869. The lowest BCUT2D eigenvalue weighted by molar-refractivity contribution is -0.175. The van der Waals surface area contributed by atoms with Crippen LogP contribution < -0.4 is 15.4 Å². The Morgan fingerprint density at radius 1 is 1.43 bits per heavy atom. The maximum Gasteiger partial charge on any atom is 0.393 e. The molecular weight excluding hydrogens is 301 g/mol. The number of methoxy groups -OCH3 is 1. The number of hydrogen-bond acceptors (Lipinski definition) is 3. The molecule has 3 nitrogen and oxygen atoms in total. The number of nitrogens with two attached hydrogens (primary N) is 1. The summed E-state index contributed by atoms with van der Waals surface area (Å²) in [6, 6.07) is 5.07. The van der Waals surface area contributed by atoms with E-state index in [4.69, 9.17) is 22.7 Å². The fourth-order valence-electron chi connectivity index (χ4n) is 2.57. The molecule has 1 saturated heterocycles. The van der Waals surface area contributed by atoms with Gasteiger partial charge in [0.25, 0.3) is 0 Å². The van der Waals surface area contributed by atoms with E-state index in [0.717, 1.165) is 0 Å². The number of ether oxygens (including phenoxy) is 1. The Labute approximate surface area is 126 Å². The van der Waals surface area contributed by atoms with Crippen LogP contribution in [0.2, 0.25) is 0 Å². The van der Waals surface area contributed by atoms with Crippen LogP contribution in [0.5, 0.6) is 5.75 Å². The fourth-order valence-corrected chi connectivity index (χ4v) is 2.74. The van der Waals surface area contributed by atoms with E-state index >= 15 is 0 Å². The summed E-state index contributed by atoms with van der Waals surface area (Å²) in [6.07, 6.45) is -3.54. The SMILES string of the molecule is COc1ccc(C(N)=S)c(N2CCCC(C(F)(F)F)C2)c1. The second-order valence-corrected chi connectivity index (χ2v) is 5.51. The summed E-state index contributed by atoms with van der Waals surface area (Å²) in [6.45, 7) is 0.474. The summed E-state index contributed by atoms with van der Waals surface area (Å²) in [4.78, 5) is 1.86. The van der Waals surface area contributed by atoms with Crippen LogP contribution >= 0.6 is 12.2 Å². The zero-order chi connectivity index (χ0) is 15.6. The van der Waals surface area contributed by atoms with E-state index in [-0.39, 0.29) is 18.0 Å². The molecule has 1 heterocycles. The number of nitrogens with zero attached hydrogens (tertiary/aromatic N) is 1. The lowest BCUT2D eigenvalue weighted by atomic mass is 9.96. The molecule has 0 spiro atoms. The lowest BCUT2D eigenvalue weighted by Crippen LogP contribution is -2.42. The third-order valence-corrected chi connectivity index (χ3v) is 3.92. The van der Waals surface area contributed by atoms with Gasteiger partial charge in [-0.2, -0.15) is 13.2 Å². The standard InChI is InChI=1S/C14H17F3N2OS/c1-20-10-4-5-11(13(18)21)12(7-10)19-6-2-3-9(8-19)14(15,16)17/h4-5,7,9H,2-3,6,8H2,1H3,(H2,18,21). The summed E-state index contributed by atoms with van der Waals surface area (Å²) in [7, 11) is 1.51. The number of rotatable bonds is 3. The Balaban J connectivity index is 2.33. The van der Waals surface area contributed by atoms with E-state index < -0.39 is 12.1 Å². The van der Waals surface area contributed by atoms with Gasteiger partial charge < -0.3 is 15.4 Å². The molecule has 1 fully saturated rings. The van der Waals surface area contributed by atoms with Crippen LogP contribution in [0.25, 0.3) is 0 Å². The Kier molecular flexibility index (Phi) is 4.61. The normalized spacial score (nSPS) is 19.4. The van der Waals surface area contributed by atoms with Crippen LogP contribution in [0.1, 0.15) is 18.4 Å². The topological polar surface area (TPSA) is 38.5 Å². The van der Waals surface area contributed by atoms with Gasteiger partial charge in [-0.1, -0.05) is 12.2 Å². The first kappa shape index (κ1) is 15.9. The number of anilines is 1. The van der Waals surface area contributed by atoms with Gasteiger partial charge >= 0.3 is 6.18 Å². The molecule has 1 aromatic rings. The van der Waals surface area contributed by atoms with Crippen molar-refractivity contribution in [2.45, 2.75) is 19.0 Å². The van der Waals surface area contributed by atoms with Gasteiger partial charge in [0.05, 0.1) is 18.7 Å². The Hall–Kier alpha value is -1.50. The van der Waals surface area contributed by atoms with Gasteiger partial charge in [-0.25, -0.2) is 0 Å². The zero-order valence-corrected chi connectivity index (χ0v) is 12.4. The number of thiocarbonyl (C=S) groups is 1. The molecule has 1 aromatic carbocycles. The molecule has 2 rings (SSSR count). The minimum absolute atomic E-state index is 0.0771. The van der Waals surface area contributed by atoms with E-state index in [1.807, 2.05) is 0 Å². The van der Waals surface area contributed by atoms with Gasteiger partial charge in [-0.3, -0.25) is 0 Å². The largest absolute Gasteiger partial charge is 0.497 e. The van der Waals surface area contributed by atoms with Crippen molar-refractivity contribution in [3.05, 3.63) is 23.8 Å². The van der Waals surface area contributed by atoms with E-state index in [1.165, 1.54) is 7.11 Å². The molecule has 1 atom stereocenters. The lowest BCUT2D eigenvalue weighted by Gasteiger charge is -2.36. The summed E-state index contributed by atoms with van der Waals surface area (Å²) in [5.74, 6) is -0.754. The van der Waals surface area contributed by atoms with Crippen LogP contribution in [-0.2, 0) is 0 Å². The second kappa shape index (κ2) is 6.09. The predicted octanol–water partition coefficient (Wildman–Crippen LogP) is 3.11.